The van der Waals surface area contributed by atoms with Crippen LogP contribution in [0.25, 0.3) is 0 Å². The van der Waals surface area contributed by atoms with Gasteiger partial charge >= 0.3 is 0 Å². The van der Waals surface area contributed by atoms with E-state index in [0.717, 1.165) is 23.3 Å². The Hall–Kier alpha value is -0.950. The summed E-state index contributed by atoms with van der Waals surface area (Å²) in [5.41, 5.74) is 2.45. The number of hydrogen-bond acceptors (Lipinski definition) is 1. The molecule has 88 valence electrons. The molecule has 0 atom stereocenters. The Bertz CT molecular complexity index is 305. The monoisotopic (exact) mass is 234 g/mol. The van der Waals surface area contributed by atoms with Crippen LogP contribution >= 0.6 is 11.8 Å². The molecule has 0 N–H and O–H groups in total. The van der Waals surface area contributed by atoms with Crippen molar-refractivity contribution in [3.05, 3.63) is 59.4 Å². The van der Waals surface area contributed by atoms with Gasteiger partial charge in [-0.05, 0) is 44.6 Å². The third-order valence-electron chi connectivity index (χ3n) is 1.94. The molecule has 0 saturated heterocycles. The molecule has 0 heterocycles. The first kappa shape index (κ1) is 15.0. The highest BCUT2D eigenvalue weighted by molar-refractivity contribution is 8.06. The number of rotatable bonds is 8. The molecule has 0 aromatic carbocycles. The second-order valence-electron chi connectivity index (χ2n) is 3.91. The normalized spacial score (nSPS) is 11.8. The smallest absolute Gasteiger partial charge is 0.00440 e. The van der Waals surface area contributed by atoms with Gasteiger partial charge in [0.15, 0.2) is 0 Å². The zero-order chi connectivity index (χ0) is 12.4. The summed E-state index contributed by atoms with van der Waals surface area (Å²) in [6, 6.07) is 0. The molecule has 0 aliphatic carbocycles. The molecule has 0 fully saturated rings. The van der Waals surface area contributed by atoms with Gasteiger partial charge in [-0.3, -0.25) is 0 Å². The van der Waals surface area contributed by atoms with E-state index in [9.17, 15) is 0 Å². The molecule has 0 unspecified atom stereocenters. The van der Waals surface area contributed by atoms with Gasteiger partial charge in [0.05, 0.1) is 0 Å². The van der Waals surface area contributed by atoms with E-state index in [4.69, 9.17) is 0 Å². The Morgan fingerprint density at radius 1 is 1.19 bits per heavy atom. The van der Waals surface area contributed by atoms with Crippen LogP contribution in [0.5, 0.6) is 0 Å². The highest BCUT2D eigenvalue weighted by Crippen LogP contribution is 2.20. The lowest BCUT2D eigenvalue weighted by molar-refractivity contribution is 0.835. The molecular weight excluding hydrogens is 212 g/mol. The van der Waals surface area contributed by atoms with Crippen LogP contribution in [-0.2, 0) is 0 Å². The average molecular weight is 234 g/mol. The fraction of sp³-hybridized carbons (Fsp3) is 0.333. The summed E-state index contributed by atoms with van der Waals surface area (Å²) >= 11 is 1.67. The van der Waals surface area contributed by atoms with E-state index < -0.39 is 0 Å². The Morgan fingerprint density at radius 3 is 2.44 bits per heavy atom. The van der Waals surface area contributed by atoms with Crippen LogP contribution in [0.4, 0.5) is 0 Å². The summed E-state index contributed by atoms with van der Waals surface area (Å²) in [6.45, 7) is 15.6. The van der Waals surface area contributed by atoms with Crippen LogP contribution in [0.3, 0.4) is 0 Å². The van der Waals surface area contributed by atoms with Crippen LogP contribution < -0.4 is 0 Å². The quantitative estimate of drug-likeness (QED) is 0.298. The molecular formula is C15H22S. The van der Waals surface area contributed by atoms with E-state index in [1.807, 2.05) is 25.2 Å². The second-order valence-corrected chi connectivity index (χ2v) is 4.90. The predicted molar refractivity (Wildman–Crippen MR) is 78.5 cm³/mol. The van der Waals surface area contributed by atoms with Gasteiger partial charge in [0.2, 0.25) is 0 Å². The SMILES string of the molecule is C=CCCC/C(C)=C/SC(=C)/C=C\C(=C)C. The molecule has 0 aliphatic heterocycles. The minimum absolute atomic E-state index is 1.05. The molecule has 0 aliphatic rings. The molecule has 0 spiro atoms. The van der Waals surface area contributed by atoms with E-state index >= 15 is 0 Å². The largest absolute Gasteiger partial charge is 0.103 e. The number of allylic oxidation sites excluding steroid dienone is 5. The second kappa shape index (κ2) is 9.29. The van der Waals surface area contributed by atoms with Gasteiger partial charge in [0, 0.05) is 4.91 Å². The van der Waals surface area contributed by atoms with Crippen molar-refractivity contribution >= 4 is 11.8 Å². The highest BCUT2D eigenvalue weighted by Gasteiger charge is 1.91. The molecule has 0 nitrogen and oxygen atoms in total. The predicted octanol–water partition coefficient (Wildman–Crippen LogP) is 5.63. The summed E-state index contributed by atoms with van der Waals surface area (Å²) < 4.78 is 0. The Balaban J connectivity index is 3.91. The van der Waals surface area contributed by atoms with Crippen LogP contribution in [0.1, 0.15) is 33.1 Å². The summed E-state index contributed by atoms with van der Waals surface area (Å²) in [4.78, 5) is 1.05. The molecule has 0 bridgehead atoms. The molecule has 0 aromatic heterocycles. The van der Waals surface area contributed by atoms with Gasteiger partial charge in [0.1, 0.15) is 0 Å². The molecule has 1 heteroatoms. The zero-order valence-corrected chi connectivity index (χ0v) is 11.3. The molecule has 0 rings (SSSR count). The highest BCUT2D eigenvalue weighted by atomic mass is 32.2. The molecule has 0 aromatic rings. The first-order chi connectivity index (χ1) is 7.56. The van der Waals surface area contributed by atoms with Crippen LogP contribution in [0, 0.1) is 0 Å². The maximum Gasteiger partial charge on any atom is 0.00440 e. The maximum atomic E-state index is 3.97. The fourth-order valence-corrected chi connectivity index (χ4v) is 1.65. The van der Waals surface area contributed by atoms with Crippen molar-refractivity contribution in [3.8, 4) is 0 Å². The lowest BCUT2D eigenvalue weighted by Gasteiger charge is -2.00. The minimum Gasteiger partial charge on any atom is -0.103 e. The van der Waals surface area contributed by atoms with Crippen molar-refractivity contribution < 1.29 is 0 Å². The first-order valence-corrected chi connectivity index (χ1v) is 6.40. The van der Waals surface area contributed by atoms with E-state index in [2.05, 4.69) is 32.1 Å². The van der Waals surface area contributed by atoms with E-state index in [0.29, 0.717) is 0 Å². The third kappa shape index (κ3) is 9.60. The Labute approximate surface area is 105 Å². The van der Waals surface area contributed by atoms with Gasteiger partial charge < -0.3 is 0 Å². The standard InChI is InChI=1S/C15H22S/c1-6-7-8-9-14(4)12-16-15(5)11-10-13(2)3/h6,10-12H,1-2,5,7-9H2,3-4H3/b11-10-,14-12+. The average Bonchev–Trinajstić information content (AvgIpc) is 2.24. The lowest BCUT2D eigenvalue weighted by atomic mass is 10.1. The van der Waals surface area contributed by atoms with E-state index in [-0.39, 0.29) is 0 Å². The van der Waals surface area contributed by atoms with Gasteiger partial charge in [-0.15, -0.1) is 6.58 Å². The summed E-state index contributed by atoms with van der Waals surface area (Å²) in [5.74, 6) is 0. The van der Waals surface area contributed by atoms with Crippen LogP contribution in [0.2, 0.25) is 0 Å². The maximum absolute atomic E-state index is 3.97. The van der Waals surface area contributed by atoms with Crippen LogP contribution in [-0.4, -0.2) is 0 Å². The van der Waals surface area contributed by atoms with E-state index in [1.165, 1.54) is 12.0 Å². The van der Waals surface area contributed by atoms with Crippen molar-refractivity contribution in [1.82, 2.24) is 0 Å². The Morgan fingerprint density at radius 2 is 1.88 bits per heavy atom. The van der Waals surface area contributed by atoms with Crippen LogP contribution in [0.15, 0.2) is 59.4 Å². The molecule has 0 amide bonds. The van der Waals surface area contributed by atoms with Gasteiger partial charge in [0.25, 0.3) is 0 Å². The molecule has 0 saturated carbocycles. The first-order valence-electron chi connectivity index (χ1n) is 5.52. The molecule has 16 heavy (non-hydrogen) atoms. The van der Waals surface area contributed by atoms with Gasteiger partial charge in [-0.25, -0.2) is 0 Å². The summed E-state index contributed by atoms with van der Waals surface area (Å²) in [5, 5.41) is 2.17. The zero-order valence-electron chi connectivity index (χ0n) is 10.5. The minimum atomic E-state index is 1.05. The Kier molecular flexibility index (Phi) is 8.74. The van der Waals surface area contributed by atoms with Crippen molar-refractivity contribution in [2.45, 2.75) is 33.1 Å². The van der Waals surface area contributed by atoms with Crippen molar-refractivity contribution in [3.63, 3.8) is 0 Å². The van der Waals surface area contributed by atoms with Crippen molar-refractivity contribution in [2.75, 3.05) is 0 Å². The number of hydrogen-bond donors (Lipinski definition) is 0. The van der Waals surface area contributed by atoms with Gasteiger partial charge in [-0.2, -0.15) is 0 Å². The molecule has 0 radical (unpaired) electrons. The van der Waals surface area contributed by atoms with E-state index in [1.54, 1.807) is 11.8 Å². The topological polar surface area (TPSA) is 0 Å². The number of unbranched alkanes of at least 4 members (excludes halogenated alkanes) is 1. The fourth-order valence-electron chi connectivity index (χ4n) is 1.03. The third-order valence-corrected chi connectivity index (χ3v) is 2.90. The van der Waals surface area contributed by atoms with Gasteiger partial charge in [-0.1, -0.05) is 48.2 Å². The number of thioether (sulfide) groups is 1. The van der Waals surface area contributed by atoms with Crippen molar-refractivity contribution in [1.29, 1.82) is 0 Å². The lowest BCUT2D eigenvalue weighted by Crippen LogP contribution is -1.76. The van der Waals surface area contributed by atoms with Crippen molar-refractivity contribution in [2.24, 2.45) is 0 Å². The summed E-state index contributed by atoms with van der Waals surface area (Å²) in [6.07, 6.45) is 9.36. The summed E-state index contributed by atoms with van der Waals surface area (Å²) in [7, 11) is 0.